The van der Waals surface area contributed by atoms with Crippen molar-refractivity contribution in [3.63, 3.8) is 0 Å². The number of benzene rings is 1. The van der Waals surface area contributed by atoms with E-state index < -0.39 is 6.09 Å². The van der Waals surface area contributed by atoms with Gasteiger partial charge in [-0.1, -0.05) is 19.1 Å². The van der Waals surface area contributed by atoms with Gasteiger partial charge in [0.2, 0.25) is 0 Å². The fourth-order valence-corrected chi connectivity index (χ4v) is 1.51. The van der Waals surface area contributed by atoms with Gasteiger partial charge in [-0.05, 0) is 45.1 Å². The maximum absolute atomic E-state index is 11.4. The van der Waals surface area contributed by atoms with Crippen LogP contribution in [0.15, 0.2) is 24.3 Å². The van der Waals surface area contributed by atoms with Crippen LogP contribution >= 0.6 is 0 Å². The molecule has 1 N–H and O–H groups in total. The second-order valence-corrected chi connectivity index (χ2v) is 4.53. The van der Waals surface area contributed by atoms with Crippen molar-refractivity contribution in [2.45, 2.75) is 26.3 Å². The number of hydrogen-bond donors (Lipinski definition) is 1. The number of ether oxygens (including phenoxy) is 1. The number of nitrogens with zero attached hydrogens (tertiary/aromatic N) is 1. The minimum absolute atomic E-state index is 0.284. The maximum atomic E-state index is 11.4. The van der Waals surface area contributed by atoms with E-state index in [2.05, 4.69) is 17.1 Å². The molecule has 1 amide bonds. The summed E-state index contributed by atoms with van der Waals surface area (Å²) in [5.41, 5.74) is 1.13. The topological polar surface area (TPSA) is 41.6 Å². The van der Waals surface area contributed by atoms with Gasteiger partial charge in [0.25, 0.3) is 0 Å². The lowest BCUT2D eigenvalue weighted by molar-refractivity contribution is 0.200. The van der Waals surface area contributed by atoms with Gasteiger partial charge in [0.05, 0.1) is 0 Å². The van der Waals surface area contributed by atoms with Crippen molar-refractivity contribution in [3.8, 4) is 5.75 Å². The third kappa shape index (κ3) is 4.37. The molecule has 0 heterocycles. The molecule has 0 radical (unpaired) electrons. The number of carbonyl (C=O) groups excluding carboxylic acids is 1. The zero-order valence-corrected chi connectivity index (χ0v) is 11.6. The Balaban J connectivity index is 2.67. The lowest BCUT2D eigenvalue weighted by Crippen LogP contribution is -2.27. The van der Waals surface area contributed by atoms with Crippen molar-refractivity contribution in [1.82, 2.24) is 10.2 Å². The van der Waals surface area contributed by atoms with Gasteiger partial charge in [0.15, 0.2) is 0 Å². The van der Waals surface area contributed by atoms with E-state index in [0.29, 0.717) is 12.3 Å². The molecule has 1 atom stereocenters. The van der Waals surface area contributed by atoms with Gasteiger partial charge in [0, 0.05) is 12.6 Å². The molecule has 0 aliphatic rings. The van der Waals surface area contributed by atoms with Crippen LogP contribution in [0, 0.1) is 0 Å². The molecule has 4 nitrogen and oxygen atoms in total. The number of rotatable bonds is 5. The van der Waals surface area contributed by atoms with Crippen LogP contribution in [0.3, 0.4) is 0 Å². The zero-order valence-electron chi connectivity index (χ0n) is 11.6. The van der Waals surface area contributed by atoms with E-state index in [9.17, 15) is 4.79 Å². The Bertz CT molecular complexity index is 391. The van der Waals surface area contributed by atoms with E-state index >= 15 is 0 Å². The molecule has 0 fully saturated rings. The molecule has 1 aromatic rings. The van der Waals surface area contributed by atoms with E-state index in [-0.39, 0.29) is 6.04 Å². The van der Waals surface area contributed by atoms with Gasteiger partial charge < -0.3 is 15.0 Å². The number of nitrogens with one attached hydrogen (secondary N) is 1. The molecular formula is C14H22N2O2. The summed E-state index contributed by atoms with van der Waals surface area (Å²) in [5.74, 6) is 0.579. The SMILES string of the molecule is CCCNC(=O)Oc1cccc([C@H](C)N(C)C)c1. The molecule has 4 heteroatoms. The van der Waals surface area contributed by atoms with Crippen LogP contribution in [0.2, 0.25) is 0 Å². The summed E-state index contributed by atoms with van der Waals surface area (Å²) in [7, 11) is 4.04. The lowest BCUT2D eigenvalue weighted by atomic mass is 10.1. The van der Waals surface area contributed by atoms with E-state index in [1.54, 1.807) is 6.07 Å². The third-order valence-electron chi connectivity index (χ3n) is 2.84. The number of carbonyl (C=O) groups is 1. The molecule has 0 aliphatic carbocycles. The second-order valence-electron chi connectivity index (χ2n) is 4.53. The van der Waals surface area contributed by atoms with Gasteiger partial charge in [-0.15, -0.1) is 0 Å². The Hall–Kier alpha value is -1.55. The highest BCUT2D eigenvalue weighted by Crippen LogP contribution is 2.22. The van der Waals surface area contributed by atoms with Crippen molar-refractivity contribution >= 4 is 6.09 Å². The quantitative estimate of drug-likeness (QED) is 0.873. The van der Waals surface area contributed by atoms with Crippen molar-refractivity contribution < 1.29 is 9.53 Å². The third-order valence-corrected chi connectivity index (χ3v) is 2.84. The zero-order chi connectivity index (χ0) is 13.5. The monoisotopic (exact) mass is 250 g/mol. The smallest absolute Gasteiger partial charge is 0.410 e. The summed E-state index contributed by atoms with van der Waals surface area (Å²) in [6.45, 7) is 4.74. The molecule has 18 heavy (non-hydrogen) atoms. The van der Waals surface area contributed by atoms with Crippen LogP contribution < -0.4 is 10.1 Å². The summed E-state index contributed by atoms with van der Waals surface area (Å²) in [6, 6.07) is 7.90. The predicted molar refractivity (Wildman–Crippen MR) is 72.9 cm³/mol. The van der Waals surface area contributed by atoms with Crippen molar-refractivity contribution in [2.75, 3.05) is 20.6 Å². The van der Waals surface area contributed by atoms with Crippen LogP contribution in [0.25, 0.3) is 0 Å². The summed E-state index contributed by atoms with van der Waals surface area (Å²) in [4.78, 5) is 13.6. The highest BCUT2D eigenvalue weighted by molar-refractivity contribution is 5.70. The number of hydrogen-bond acceptors (Lipinski definition) is 3. The van der Waals surface area contributed by atoms with Crippen LogP contribution in [-0.2, 0) is 0 Å². The molecule has 0 unspecified atom stereocenters. The largest absolute Gasteiger partial charge is 0.412 e. The Morgan fingerprint density at radius 3 is 2.78 bits per heavy atom. The van der Waals surface area contributed by atoms with E-state index in [1.165, 1.54) is 0 Å². The molecule has 0 aromatic heterocycles. The Morgan fingerprint density at radius 2 is 2.17 bits per heavy atom. The van der Waals surface area contributed by atoms with Crippen LogP contribution in [0.5, 0.6) is 5.75 Å². The normalized spacial score (nSPS) is 12.3. The van der Waals surface area contributed by atoms with Crippen molar-refractivity contribution in [2.24, 2.45) is 0 Å². The maximum Gasteiger partial charge on any atom is 0.412 e. The summed E-state index contributed by atoms with van der Waals surface area (Å²) < 4.78 is 5.22. The Kier molecular flexibility index (Phi) is 5.65. The van der Waals surface area contributed by atoms with E-state index in [0.717, 1.165) is 12.0 Å². The van der Waals surface area contributed by atoms with Crippen LogP contribution in [0.1, 0.15) is 31.9 Å². The first kappa shape index (κ1) is 14.5. The first-order valence-electron chi connectivity index (χ1n) is 6.26. The predicted octanol–water partition coefficient (Wildman–Crippen LogP) is 2.81. The van der Waals surface area contributed by atoms with Gasteiger partial charge in [-0.25, -0.2) is 4.79 Å². The summed E-state index contributed by atoms with van der Waals surface area (Å²) in [6.07, 6.45) is 0.499. The lowest BCUT2D eigenvalue weighted by Gasteiger charge is -2.20. The minimum atomic E-state index is -0.397. The molecule has 1 rings (SSSR count). The molecule has 1 aromatic carbocycles. The van der Waals surface area contributed by atoms with E-state index in [4.69, 9.17) is 4.74 Å². The molecule has 0 bridgehead atoms. The highest BCUT2D eigenvalue weighted by atomic mass is 16.6. The average molecular weight is 250 g/mol. The fourth-order valence-electron chi connectivity index (χ4n) is 1.51. The molecule has 100 valence electrons. The van der Waals surface area contributed by atoms with E-state index in [1.807, 2.05) is 39.2 Å². The first-order valence-corrected chi connectivity index (χ1v) is 6.26. The highest BCUT2D eigenvalue weighted by Gasteiger charge is 2.09. The van der Waals surface area contributed by atoms with Gasteiger partial charge in [0.1, 0.15) is 5.75 Å². The van der Waals surface area contributed by atoms with Crippen LogP contribution in [0.4, 0.5) is 4.79 Å². The minimum Gasteiger partial charge on any atom is -0.410 e. The molecule has 0 saturated heterocycles. The molecular weight excluding hydrogens is 228 g/mol. The summed E-state index contributed by atoms with van der Waals surface area (Å²) >= 11 is 0. The molecule has 0 spiro atoms. The number of amides is 1. The fraction of sp³-hybridized carbons (Fsp3) is 0.500. The standard InChI is InChI=1S/C14H22N2O2/c1-5-9-15-14(17)18-13-8-6-7-12(10-13)11(2)16(3)4/h6-8,10-11H,5,9H2,1-4H3,(H,15,17)/t11-/m0/s1. The Morgan fingerprint density at radius 1 is 1.44 bits per heavy atom. The Labute approximate surface area is 109 Å². The van der Waals surface area contributed by atoms with Gasteiger partial charge in [-0.2, -0.15) is 0 Å². The van der Waals surface area contributed by atoms with Gasteiger partial charge >= 0.3 is 6.09 Å². The first-order chi connectivity index (χ1) is 8.54. The van der Waals surface area contributed by atoms with Crippen LogP contribution in [-0.4, -0.2) is 31.6 Å². The average Bonchev–Trinajstić information content (AvgIpc) is 2.35. The van der Waals surface area contributed by atoms with Crippen molar-refractivity contribution in [1.29, 1.82) is 0 Å². The summed E-state index contributed by atoms with van der Waals surface area (Å²) in [5, 5.41) is 2.68. The molecule has 0 aliphatic heterocycles. The molecule has 0 saturated carbocycles. The van der Waals surface area contributed by atoms with Gasteiger partial charge in [-0.3, -0.25) is 0 Å². The van der Waals surface area contributed by atoms with Crippen molar-refractivity contribution in [3.05, 3.63) is 29.8 Å². The second kappa shape index (κ2) is 7.01.